The number of thioether (sulfide) groups is 1. The molecule has 7 heteroatoms. The van der Waals surface area contributed by atoms with Gasteiger partial charge in [-0.15, -0.1) is 18.3 Å². The molecule has 0 saturated carbocycles. The van der Waals surface area contributed by atoms with Gasteiger partial charge in [0.05, 0.1) is 35.4 Å². The van der Waals surface area contributed by atoms with Crippen LogP contribution in [0, 0.1) is 11.3 Å². The van der Waals surface area contributed by atoms with Crippen molar-refractivity contribution in [3.05, 3.63) is 93.6 Å². The van der Waals surface area contributed by atoms with E-state index in [9.17, 15) is 10.1 Å². The van der Waals surface area contributed by atoms with Crippen molar-refractivity contribution in [1.82, 2.24) is 5.32 Å². The first-order valence-corrected chi connectivity index (χ1v) is 10.9. The van der Waals surface area contributed by atoms with E-state index in [1.54, 1.807) is 31.4 Å². The number of nitrogens with one attached hydrogen (secondary N) is 2. The third kappa shape index (κ3) is 4.79. The summed E-state index contributed by atoms with van der Waals surface area (Å²) in [6, 6.07) is 16.7. The molecule has 0 spiro atoms. The fourth-order valence-electron chi connectivity index (χ4n) is 3.43. The Balaban J connectivity index is 2.10. The van der Waals surface area contributed by atoms with E-state index >= 15 is 0 Å². The molecule has 0 fully saturated rings. The number of ether oxygens (including phenoxy) is 1. The number of benzene rings is 2. The molecule has 1 amide bonds. The van der Waals surface area contributed by atoms with E-state index in [4.69, 9.17) is 16.3 Å². The third-order valence-electron chi connectivity index (χ3n) is 4.81. The van der Waals surface area contributed by atoms with Gasteiger partial charge in [0.1, 0.15) is 5.75 Å². The predicted octanol–water partition coefficient (Wildman–Crippen LogP) is 5.60. The summed E-state index contributed by atoms with van der Waals surface area (Å²) in [7, 11) is 1.55. The molecule has 1 aliphatic rings. The summed E-state index contributed by atoms with van der Waals surface area (Å²) in [5.74, 6) is 0.228. The van der Waals surface area contributed by atoms with Gasteiger partial charge in [0.25, 0.3) is 5.91 Å². The molecule has 2 aromatic carbocycles. The van der Waals surface area contributed by atoms with Crippen LogP contribution in [-0.4, -0.2) is 18.8 Å². The van der Waals surface area contributed by atoms with Crippen LogP contribution in [-0.2, 0) is 4.79 Å². The second kappa shape index (κ2) is 10.3. The fourth-order valence-corrected chi connectivity index (χ4v) is 4.50. The van der Waals surface area contributed by atoms with Gasteiger partial charge in [0, 0.05) is 22.0 Å². The van der Waals surface area contributed by atoms with E-state index in [2.05, 4.69) is 23.3 Å². The zero-order valence-corrected chi connectivity index (χ0v) is 18.8. The minimum atomic E-state index is -0.609. The zero-order chi connectivity index (χ0) is 22.4. The van der Waals surface area contributed by atoms with Crippen LogP contribution in [0.25, 0.3) is 0 Å². The Labute approximate surface area is 191 Å². The van der Waals surface area contributed by atoms with Gasteiger partial charge in [0.15, 0.2) is 0 Å². The highest BCUT2D eigenvalue weighted by Gasteiger charge is 2.35. The first-order valence-electron chi connectivity index (χ1n) is 9.56. The molecule has 1 heterocycles. The highest BCUT2D eigenvalue weighted by atomic mass is 35.5. The summed E-state index contributed by atoms with van der Waals surface area (Å²) in [4.78, 5) is 13.5. The summed E-state index contributed by atoms with van der Waals surface area (Å²) in [5.41, 5.74) is 2.77. The van der Waals surface area contributed by atoms with Crippen LogP contribution < -0.4 is 15.4 Å². The zero-order valence-electron chi connectivity index (χ0n) is 17.2. The predicted molar refractivity (Wildman–Crippen MR) is 127 cm³/mol. The maximum atomic E-state index is 13.5. The lowest BCUT2D eigenvalue weighted by atomic mass is 9.82. The van der Waals surface area contributed by atoms with E-state index in [0.717, 1.165) is 0 Å². The van der Waals surface area contributed by atoms with Gasteiger partial charge < -0.3 is 15.4 Å². The van der Waals surface area contributed by atoms with Crippen molar-refractivity contribution in [1.29, 1.82) is 5.26 Å². The molecular weight excluding hydrogens is 430 g/mol. The Kier molecular flexibility index (Phi) is 7.45. The number of allylic oxidation sites excluding steroid dienone is 2. The van der Waals surface area contributed by atoms with Crippen LogP contribution in [0.4, 0.5) is 5.69 Å². The molecule has 0 unspecified atom stereocenters. The lowest BCUT2D eigenvalue weighted by Crippen LogP contribution is -2.31. The first-order chi connectivity index (χ1) is 15.0. The lowest BCUT2D eigenvalue weighted by Gasteiger charge is -2.30. The Bertz CT molecular complexity index is 1120. The number of dihydropyridines is 1. The summed E-state index contributed by atoms with van der Waals surface area (Å²) in [6.07, 6.45) is 1.77. The van der Waals surface area contributed by atoms with Gasteiger partial charge >= 0.3 is 0 Å². The van der Waals surface area contributed by atoms with Crippen molar-refractivity contribution in [2.75, 3.05) is 18.2 Å². The van der Waals surface area contributed by atoms with Gasteiger partial charge in [-0.25, -0.2) is 0 Å². The highest BCUT2D eigenvalue weighted by Crippen LogP contribution is 2.43. The molecule has 0 bridgehead atoms. The monoisotopic (exact) mass is 451 g/mol. The normalized spacial score (nSPS) is 15.7. The second-order valence-corrected chi connectivity index (χ2v) is 8.16. The van der Waals surface area contributed by atoms with E-state index < -0.39 is 5.92 Å². The molecule has 3 rings (SSSR count). The van der Waals surface area contributed by atoms with E-state index in [1.165, 1.54) is 11.8 Å². The number of methoxy groups -OCH3 is 1. The number of hydrogen-bond donors (Lipinski definition) is 2. The number of hydrogen-bond acceptors (Lipinski definition) is 5. The lowest BCUT2D eigenvalue weighted by molar-refractivity contribution is -0.113. The number of anilines is 1. The molecule has 0 aliphatic carbocycles. The number of rotatable bonds is 7. The maximum absolute atomic E-state index is 13.5. The molecule has 5 nitrogen and oxygen atoms in total. The van der Waals surface area contributed by atoms with E-state index in [0.29, 0.717) is 49.6 Å². The number of nitrogens with zero attached hydrogens (tertiary/aromatic N) is 1. The van der Waals surface area contributed by atoms with Crippen LogP contribution in [0.5, 0.6) is 5.75 Å². The SMILES string of the molecule is C=CCSC1=C(C#N)[C@@H](c2ccccc2Cl)C(C(=O)Nc2ccccc2OC)=C(C)N1. The summed E-state index contributed by atoms with van der Waals surface area (Å²) in [5, 5.41) is 17.4. The highest BCUT2D eigenvalue weighted by molar-refractivity contribution is 8.03. The molecule has 2 aromatic rings. The molecular formula is C24H22ClN3O2S. The molecule has 1 aliphatic heterocycles. The first kappa shape index (κ1) is 22.5. The fraction of sp³-hybridized carbons (Fsp3) is 0.167. The van der Waals surface area contributed by atoms with Crippen molar-refractivity contribution < 1.29 is 9.53 Å². The van der Waals surface area contributed by atoms with E-state index in [1.807, 2.05) is 37.3 Å². The number of amides is 1. The molecule has 158 valence electrons. The molecule has 31 heavy (non-hydrogen) atoms. The molecule has 2 N–H and O–H groups in total. The quantitative estimate of drug-likeness (QED) is 0.536. The van der Waals surface area contributed by atoms with Crippen LogP contribution in [0.3, 0.4) is 0 Å². The largest absolute Gasteiger partial charge is 0.495 e. The van der Waals surface area contributed by atoms with Crippen LogP contribution in [0.1, 0.15) is 18.4 Å². The Hall–Kier alpha value is -3.14. The number of halogens is 1. The topological polar surface area (TPSA) is 74.2 Å². The summed E-state index contributed by atoms with van der Waals surface area (Å²) >= 11 is 7.97. The van der Waals surface area contributed by atoms with Crippen molar-refractivity contribution in [3.63, 3.8) is 0 Å². The second-order valence-electron chi connectivity index (χ2n) is 6.73. The number of para-hydroxylation sites is 2. The van der Waals surface area contributed by atoms with Crippen LogP contribution >= 0.6 is 23.4 Å². The molecule has 1 atom stereocenters. The van der Waals surface area contributed by atoms with Crippen LogP contribution in [0.15, 0.2) is 83.1 Å². The van der Waals surface area contributed by atoms with Crippen molar-refractivity contribution in [2.45, 2.75) is 12.8 Å². The smallest absolute Gasteiger partial charge is 0.254 e. The van der Waals surface area contributed by atoms with Crippen molar-refractivity contribution >= 4 is 35.0 Å². The Morgan fingerprint density at radius 1 is 1.32 bits per heavy atom. The molecule has 0 radical (unpaired) electrons. The number of carbonyl (C=O) groups excluding carboxylic acids is 1. The minimum absolute atomic E-state index is 0.333. The van der Waals surface area contributed by atoms with E-state index in [-0.39, 0.29) is 5.91 Å². The van der Waals surface area contributed by atoms with Gasteiger partial charge in [-0.05, 0) is 30.7 Å². The van der Waals surface area contributed by atoms with Gasteiger partial charge in [-0.2, -0.15) is 5.26 Å². The van der Waals surface area contributed by atoms with Crippen LogP contribution in [0.2, 0.25) is 5.02 Å². The number of carbonyl (C=O) groups is 1. The molecule has 0 saturated heterocycles. The minimum Gasteiger partial charge on any atom is -0.495 e. The number of nitriles is 1. The third-order valence-corrected chi connectivity index (χ3v) is 6.17. The Morgan fingerprint density at radius 3 is 2.71 bits per heavy atom. The molecule has 0 aromatic heterocycles. The van der Waals surface area contributed by atoms with Crippen molar-refractivity contribution in [3.8, 4) is 11.8 Å². The van der Waals surface area contributed by atoms with Crippen molar-refractivity contribution in [2.24, 2.45) is 0 Å². The van der Waals surface area contributed by atoms with Gasteiger partial charge in [-0.1, -0.05) is 48.0 Å². The Morgan fingerprint density at radius 2 is 2.03 bits per heavy atom. The van der Waals surface area contributed by atoms with Gasteiger partial charge in [-0.3, -0.25) is 4.79 Å². The average molecular weight is 452 g/mol. The van der Waals surface area contributed by atoms with Gasteiger partial charge in [0.2, 0.25) is 0 Å². The standard InChI is InChI=1S/C24H22ClN3O2S/c1-4-13-31-24-17(14-26)22(16-9-5-6-10-18(16)25)21(15(2)27-24)23(29)28-19-11-7-8-12-20(19)30-3/h4-12,22,27H,1,13H2,2-3H3,(H,28,29)/t22-/m1/s1. The summed E-state index contributed by atoms with van der Waals surface area (Å²) in [6.45, 7) is 5.57. The maximum Gasteiger partial charge on any atom is 0.254 e. The summed E-state index contributed by atoms with van der Waals surface area (Å²) < 4.78 is 5.35. The average Bonchev–Trinajstić information content (AvgIpc) is 2.77.